The highest BCUT2D eigenvalue weighted by Crippen LogP contribution is 2.37. The second kappa shape index (κ2) is 5.36. The number of hydrogen-bond donors (Lipinski definition) is 0. The maximum atomic E-state index is 9.37. The van der Waals surface area contributed by atoms with Crippen molar-refractivity contribution in [2.24, 2.45) is 0 Å². The fraction of sp³-hybridized carbons (Fsp3) is 0.235. The molecule has 100 valence electrons. The highest BCUT2D eigenvalue weighted by Gasteiger charge is 2.31. The van der Waals surface area contributed by atoms with Crippen LogP contribution in [0.1, 0.15) is 22.6 Å². The molecule has 3 heteroatoms. The number of benzene rings is 2. The maximum Gasteiger partial charge on any atom is 0.155 e. The Balaban J connectivity index is 2.11. The van der Waals surface area contributed by atoms with Gasteiger partial charge < -0.3 is 9.47 Å². The van der Waals surface area contributed by atoms with Crippen LogP contribution in [0.25, 0.3) is 0 Å². The van der Waals surface area contributed by atoms with Crippen molar-refractivity contribution < 1.29 is 9.47 Å². The van der Waals surface area contributed by atoms with E-state index < -0.39 is 6.10 Å². The summed E-state index contributed by atoms with van der Waals surface area (Å²) in [4.78, 5) is 0. The van der Waals surface area contributed by atoms with Crippen molar-refractivity contribution >= 4 is 0 Å². The molecule has 0 radical (unpaired) electrons. The van der Waals surface area contributed by atoms with Crippen LogP contribution in [-0.4, -0.2) is 13.2 Å². The molecule has 2 aromatic rings. The third kappa shape index (κ3) is 2.15. The van der Waals surface area contributed by atoms with Gasteiger partial charge in [-0.2, -0.15) is 5.26 Å². The number of methoxy groups -OCH3 is 1. The van der Waals surface area contributed by atoms with Crippen LogP contribution in [0.3, 0.4) is 0 Å². The summed E-state index contributed by atoms with van der Waals surface area (Å²) in [6.45, 7) is 0.495. The predicted octanol–water partition coefficient (Wildman–Crippen LogP) is 3.25. The van der Waals surface area contributed by atoms with Crippen LogP contribution >= 0.6 is 0 Å². The van der Waals surface area contributed by atoms with Crippen molar-refractivity contribution in [2.45, 2.75) is 18.6 Å². The van der Waals surface area contributed by atoms with Gasteiger partial charge in [-0.05, 0) is 28.8 Å². The summed E-state index contributed by atoms with van der Waals surface area (Å²) >= 11 is 0. The van der Waals surface area contributed by atoms with Crippen LogP contribution < -0.4 is 4.74 Å². The van der Waals surface area contributed by atoms with Crippen LogP contribution in [-0.2, 0) is 11.3 Å². The van der Waals surface area contributed by atoms with Crippen LogP contribution in [0.15, 0.2) is 48.5 Å². The van der Waals surface area contributed by atoms with E-state index in [0.717, 1.165) is 16.9 Å². The molecule has 0 spiro atoms. The zero-order valence-electron chi connectivity index (χ0n) is 11.2. The lowest BCUT2D eigenvalue weighted by molar-refractivity contribution is 0.0523. The molecule has 2 unspecified atom stereocenters. The lowest BCUT2D eigenvalue weighted by Crippen LogP contribution is -2.27. The highest BCUT2D eigenvalue weighted by atomic mass is 16.5. The van der Waals surface area contributed by atoms with Crippen molar-refractivity contribution in [3.05, 3.63) is 65.2 Å². The molecule has 2 atom stereocenters. The molecule has 2 aromatic carbocycles. The Morgan fingerprint density at radius 3 is 2.85 bits per heavy atom. The van der Waals surface area contributed by atoms with E-state index in [2.05, 4.69) is 18.2 Å². The third-order valence-electron chi connectivity index (χ3n) is 3.69. The van der Waals surface area contributed by atoms with E-state index in [1.807, 2.05) is 36.4 Å². The summed E-state index contributed by atoms with van der Waals surface area (Å²) < 4.78 is 11.0. The van der Waals surface area contributed by atoms with Crippen LogP contribution in [0, 0.1) is 11.3 Å². The minimum atomic E-state index is -0.461. The molecule has 0 saturated carbocycles. The number of hydrogen-bond acceptors (Lipinski definition) is 3. The summed E-state index contributed by atoms with van der Waals surface area (Å²) in [6, 6.07) is 18.2. The van der Waals surface area contributed by atoms with Crippen molar-refractivity contribution in [1.82, 2.24) is 0 Å². The minimum absolute atomic E-state index is 0.0694. The average molecular weight is 265 g/mol. The molecule has 3 nitrogen and oxygen atoms in total. The summed E-state index contributed by atoms with van der Waals surface area (Å²) in [5, 5.41) is 9.37. The van der Waals surface area contributed by atoms with E-state index in [0.29, 0.717) is 6.61 Å². The van der Waals surface area contributed by atoms with Crippen molar-refractivity contribution in [1.29, 1.82) is 5.26 Å². The fourth-order valence-electron chi connectivity index (χ4n) is 2.71. The monoisotopic (exact) mass is 265 g/mol. The molecular weight excluding hydrogens is 250 g/mol. The van der Waals surface area contributed by atoms with E-state index in [9.17, 15) is 5.26 Å². The van der Waals surface area contributed by atoms with E-state index >= 15 is 0 Å². The fourth-order valence-corrected chi connectivity index (χ4v) is 2.71. The van der Waals surface area contributed by atoms with Crippen LogP contribution in [0.2, 0.25) is 0 Å². The first-order valence-corrected chi connectivity index (χ1v) is 6.56. The SMILES string of the molecule is COc1cccc(C2c3ccccc3COC2C#N)c1. The quantitative estimate of drug-likeness (QED) is 0.837. The van der Waals surface area contributed by atoms with Gasteiger partial charge in [-0.3, -0.25) is 0 Å². The summed E-state index contributed by atoms with van der Waals surface area (Å²) in [5.41, 5.74) is 3.36. The van der Waals surface area contributed by atoms with Crippen molar-refractivity contribution in [3.8, 4) is 11.8 Å². The van der Waals surface area contributed by atoms with Crippen LogP contribution in [0.4, 0.5) is 0 Å². The van der Waals surface area contributed by atoms with Gasteiger partial charge in [-0.15, -0.1) is 0 Å². The molecule has 0 aliphatic carbocycles. The zero-order valence-corrected chi connectivity index (χ0v) is 11.2. The Bertz CT molecular complexity index is 660. The van der Waals surface area contributed by atoms with Crippen LogP contribution in [0.5, 0.6) is 5.75 Å². The predicted molar refractivity (Wildman–Crippen MR) is 75.5 cm³/mol. The molecule has 0 N–H and O–H groups in total. The summed E-state index contributed by atoms with van der Waals surface area (Å²) in [5.74, 6) is 0.724. The van der Waals surface area contributed by atoms with Gasteiger partial charge in [0.2, 0.25) is 0 Å². The van der Waals surface area contributed by atoms with E-state index in [1.54, 1.807) is 7.11 Å². The van der Waals surface area contributed by atoms with Gasteiger partial charge in [0.25, 0.3) is 0 Å². The van der Waals surface area contributed by atoms with Gasteiger partial charge in [0.15, 0.2) is 6.10 Å². The molecule has 0 fully saturated rings. The highest BCUT2D eigenvalue weighted by molar-refractivity contribution is 5.44. The Hall–Kier alpha value is -2.31. The smallest absolute Gasteiger partial charge is 0.155 e. The standard InChI is InChI=1S/C17H15NO2/c1-19-14-7-4-6-12(9-14)17-15-8-3-2-5-13(15)11-20-16(17)10-18/h2-9,16-17H,11H2,1H3. The number of nitriles is 1. The number of rotatable bonds is 2. The van der Waals surface area contributed by atoms with Gasteiger partial charge in [0.05, 0.1) is 19.8 Å². The Labute approximate surface area is 118 Å². The molecule has 0 amide bonds. The van der Waals surface area contributed by atoms with E-state index in [-0.39, 0.29) is 5.92 Å². The van der Waals surface area contributed by atoms with Gasteiger partial charge in [-0.1, -0.05) is 36.4 Å². The normalized spacial score (nSPS) is 20.8. The first kappa shape index (κ1) is 12.7. The van der Waals surface area contributed by atoms with E-state index in [1.165, 1.54) is 5.56 Å². The Kier molecular flexibility index (Phi) is 3.41. The minimum Gasteiger partial charge on any atom is -0.497 e. The van der Waals surface area contributed by atoms with Gasteiger partial charge in [0.1, 0.15) is 5.75 Å². The number of ether oxygens (including phenoxy) is 2. The lowest BCUT2D eigenvalue weighted by atomic mass is 9.83. The average Bonchev–Trinajstić information content (AvgIpc) is 2.53. The molecule has 0 bridgehead atoms. The molecule has 1 heterocycles. The Morgan fingerprint density at radius 1 is 1.20 bits per heavy atom. The molecule has 1 aliphatic heterocycles. The zero-order chi connectivity index (χ0) is 13.9. The van der Waals surface area contributed by atoms with Gasteiger partial charge >= 0.3 is 0 Å². The molecule has 20 heavy (non-hydrogen) atoms. The lowest BCUT2D eigenvalue weighted by Gasteiger charge is -2.30. The molecule has 3 rings (SSSR count). The van der Waals surface area contributed by atoms with Crippen molar-refractivity contribution in [2.75, 3.05) is 7.11 Å². The molecule has 0 saturated heterocycles. The Morgan fingerprint density at radius 2 is 2.05 bits per heavy atom. The van der Waals surface area contributed by atoms with E-state index in [4.69, 9.17) is 9.47 Å². The maximum absolute atomic E-state index is 9.37. The second-order valence-corrected chi connectivity index (χ2v) is 4.81. The number of nitrogens with zero attached hydrogens (tertiary/aromatic N) is 1. The number of fused-ring (bicyclic) bond motifs is 1. The van der Waals surface area contributed by atoms with Gasteiger partial charge in [-0.25, -0.2) is 0 Å². The third-order valence-corrected chi connectivity index (χ3v) is 3.69. The van der Waals surface area contributed by atoms with Gasteiger partial charge in [0, 0.05) is 5.92 Å². The first-order valence-electron chi connectivity index (χ1n) is 6.56. The molecule has 1 aliphatic rings. The topological polar surface area (TPSA) is 42.2 Å². The molecular formula is C17H15NO2. The summed E-state index contributed by atoms with van der Waals surface area (Å²) in [7, 11) is 1.65. The summed E-state index contributed by atoms with van der Waals surface area (Å²) in [6.07, 6.45) is -0.461. The molecule has 0 aromatic heterocycles. The second-order valence-electron chi connectivity index (χ2n) is 4.81. The first-order chi connectivity index (χ1) is 9.83. The van der Waals surface area contributed by atoms with Crippen molar-refractivity contribution in [3.63, 3.8) is 0 Å². The largest absolute Gasteiger partial charge is 0.497 e.